The van der Waals surface area contributed by atoms with Crippen LogP contribution in [0.15, 0.2) is 24.0 Å². The number of ether oxygens (including phenoxy) is 1. The van der Waals surface area contributed by atoms with Crippen molar-refractivity contribution in [3.05, 3.63) is 24.0 Å². The van der Waals surface area contributed by atoms with Crippen LogP contribution in [-0.4, -0.2) is 43.4 Å². The minimum absolute atomic E-state index is 0.0356. The molecule has 0 saturated carbocycles. The standard InChI is InChI=1S/C13H24NO11P3/c1-9-4-5-11(3)14(7-9)13-10(2)6-12(23-13)8-22-27(18,19)25-28(20,21)24-26(15,16)17/h7,10,12-13H,3-6,8H2,1-2H3,(H,18,19)(H,20,21)(H2,15,16,17). The predicted molar refractivity (Wildman–Crippen MR) is 96.2 cm³/mol. The van der Waals surface area contributed by atoms with Gasteiger partial charge in [0.15, 0.2) is 0 Å². The summed E-state index contributed by atoms with van der Waals surface area (Å²) in [6.07, 6.45) is 3.15. The van der Waals surface area contributed by atoms with Gasteiger partial charge in [0.1, 0.15) is 6.23 Å². The SMILES string of the molecule is C=C1CCC(C)=CN1C1OC(COP(=O)(O)OP(=O)(O)OP(=O)(O)O)CC1C. The molecule has 1 fully saturated rings. The number of rotatable bonds is 8. The van der Waals surface area contributed by atoms with E-state index >= 15 is 0 Å². The fourth-order valence-corrected chi connectivity index (χ4v) is 6.01. The average molecular weight is 463 g/mol. The number of allylic oxidation sites excluding steroid dienone is 2. The lowest BCUT2D eigenvalue weighted by Gasteiger charge is -2.35. The third kappa shape index (κ3) is 7.16. The van der Waals surface area contributed by atoms with E-state index in [9.17, 15) is 18.6 Å². The summed E-state index contributed by atoms with van der Waals surface area (Å²) in [5.74, 6) is 0.0356. The zero-order valence-corrected chi connectivity index (χ0v) is 18.0. The molecule has 0 spiro atoms. The summed E-state index contributed by atoms with van der Waals surface area (Å²) >= 11 is 0. The Hall–Kier alpha value is -0.350. The van der Waals surface area contributed by atoms with E-state index in [0.29, 0.717) is 6.42 Å². The van der Waals surface area contributed by atoms with Crippen molar-refractivity contribution in [2.45, 2.75) is 45.4 Å². The van der Waals surface area contributed by atoms with Crippen molar-refractivity contribution < 1.29 is 51.2 Å². The normalized spacial score (nSPS) is 30.6. The van der Waals surface area contributed by atoms with E-state index in [1.807, 2.05) is 24.9 Å². The zero-order valence-electron chi connectivity index (χ0n) is 15.3. The molecular weight excluding hydrogens is 439 g/mol. The highest BCUT2D eigenvalue weighted by molar-refractivity contribution is 7.66. The molecule has 1 saturated heterocycles. The Morgan fingerprint density at radius 2 is 1.82 bits per heavy atom. The summed E-state index contributed by atoms with van der Waals surface area (Å²) in [6.45, 7) is 7.49. The molecule has 15 heteroatoms. The van der Waals surface area contributed by atoms with Crippen LogP contribution >= 0.6 is 23.5 Å². The molecule has 0 aromatic carbocycles. The van der Waals surface area contributed by atoms with Crippen molar-refractivity contribution in [3.8, 4) is 0 Å². The second-order valence-electron chi connectivity index (χ2n) is 6.70. The first kappa shape index (κ1) is 23.9. The van der Waals surface area contributed by atoms with Crippen molar-refractivity contribution in [2.75, 3.05) is 6.61 Å². The van der Waals surface area contributed by atoms with Crippen LogP contribution in [0, 0.1) is 5.92 Å². The molecular formula is C13H24NO11P3. The third-order valence-corrected chi connectivity index (χ3v) is 7.90. The highest BCUT2D eigenvalue weighted by Gasteiger charge is 2.42. The topological polar surface area (TPSA) is 172 Å². The van der Waals surface area contributed by atoms with Gasteiger partial charge < -0.3 is 29.2 Å². The minimum Gasteiger partial charge on any atom is -0.352 e. The summed E-state index contributed by atoms with van der Waals surface area (Å²) in [4.78, 5) is 37.6. The first-order valence-corrected chi connectivity index (χ1v) is 12.8. The molecule has 28 heavy (non-hydrogen) atoms. The van der Waals surface area contributed by atoms with Gasteiger partial charge in [-0.05, 0) is 26.2 Å². The van der Waals surface area contributed by atoms with Crippen LogP contribution in [0.3, 0.4) is 0 Å². The lowest BCUT2D eigenvalue weighted by molar-refractivity contribution is -0.0505. The molecule has 0 aromatic rings. The Morgan fingerprint density at radius 3 is 2.43 bits per heavy atom. The molecule has 0 amide bonds. The molecule has 5 atom stereocenters. The smallest absolute Gasteiger partial charge is 0.352 e. The maximum atomic E-state index is 11.8. The third-order valence-electron chi connectivity index (χ3n) is 4.10. The van der Waals surface area contributed by atoms with Gasteiger partial charge in [-0.15, -0.1) is 0 Å². The maximum Gasteiger partial charge on any atom is 0.490 e. The second kappa shape index (κ2) is 8.79. The summed E-state index contributed by atoms with van der Waals surface area (Å²) in [6, 6.07) is 0. The van der Waals surface area contributed by atoms with Crippen LogP contribution in [0.5, 0.6) is 0 Å². The maximum absolute atomic E-state index is 11.8. The Bertz CT molecular complexity index is 778. The zero-order chi connectivity index (χ0) is 21.3. The van der Waals surface area contributed by atoms with Crippen LogP contribution in [0.4, 0.5) is 0 Å². The molecule has 0 aliphatic carbocycles. The van der Waals surface area contributed by atoms with Crippen LogP contribution in [0.25, 0.3) is 0 Å². The molecule has 5 unspecified atom stereocenters. The largest absolute Gasteiger partial charge is 0.490 e. The number of phosphoric ester groups is 1. The fraction of sp³-hybridized carbons (Fsp3) is 0.692. The monoisotopic (exact) mass is 463 g/mol. The van der Waals surface area contributed by atoms with E-state index in [1.54, 1.807) is 0 Å². The Labute approximate surface area is 162 Å². The first-order chi connectivity index (χ1) is 12.7. The molecule has 2 heterocycles. The molecule has 0 aromatic heterocycles. The van der Waals surface area contributed by atoms with E-state index in [1.165, 1.54) is 5.57 Å². The number of hydrogen-bond acceptors (Lipinski definition) is 8. The van der Waals surface area contributed by atoms with Gasteiger partial charge in [0.05, 0.1) is 12.7 Å². The van der Waals surface area contributed by atoms with E-state index in [0.717, 1.165) is 18.5 Å². The van der Waals surface area contributed by atoms with E-state index < -0.39 is 36.2 Å². The molecule has 2 aliphatic heterocycles. The fourth-order valence-electron chi connectivity index (χ4n) is 2.96. The van der Waals surface area contributed by atoms with Crippen LogP contribution in [0.1, 0.15) is 33.1 Å². The van der Waals surface area contributed by atoms with Crippen molar-refractivity contribution in [3.63, 3.8) is 0 Å². The Kier molecular flexibility index (Phi) is 7.51. The highest BCUT2D eigenvalue weighted by atomic mass is 31.3. The van der Waals surface area contributed by atoms with Gasteiger partial charge in [0, 0.05) is 17.8 Å². The lowest BCUT2D eigenvalue weighted by atomic mass is 10.0. The average Bonchev–Trinajstić information content (AvgIpc) is 2.85. The summed E-state index contributed by atoms with van der Waals surface area (Å²) in [5, 5.41) is 0. The van der Waals surface area contributed by atoms with Gasteiger partial charge >= 0.3 is 23.5 Å². The molecule has 0 bridgehead atoms. The summed E-state index contributed by atoms with van der Waals surface area (Å²) < 4.78 is 51.6. The Balaban J connectivity index is 1.93. The quantitative estimate of drug-likeness (QED) is 0.388. The lowest BCUT2D eigenvalue weighted by Crippen LogP contribution is -2.35. The molecule has 2 rings (SSSR count). The summed E-state index contributed by atoms with van der Waals surface area (Å²) in [7, 11) is -16.1. The van der Waals surface area contributed by atoms with Crippen molar-refractivity contribution >= 4 is 23.5 Å². The van der Waals surface area contributed by atoms with E-state index in [-0.39, 0.29) is 12.1 Å². The first-order valence-electron chi connectivity index (χ1n) is 8.25. The van der Waals surface area contributed by atoms with Crippen molar-refractivity contribution in [1.82, 2.24) is 4.90 Å². The van der Waals surface area contributed by atoms with Gasteiger partial charge in [0.2, 0.25) is 0 Å². The molecule has 4 N–H and O–H groups in total. The highest BCUT2D eigenvalue weighted by Crippen LogP contribution is 2.66. The molecule has 162 valence electrons. The Morgan fingerprint density at radius 1 is 1.18 bits per heavy atom. The van der Waals surface area contributed by atoms with Gasteiger partial charge in [-0.1, -0.05) is 19.1 Å². The van der Waals surface area contributed by atoms with Crippen LogP contribution < -0.4 is 0 Å². The van der Waals surface area contributed by atoms with E-state index in [4.69, 9.17) is 19.4 Å². The predicted octanol–water partition coefficient (Wildman–Crippen LogP) is 2.59. The molecule has 12 nitrogen and oxygen atoms in total. The van der Waals surface area contributed by atoms with Gasteiger partial charge in [-0.2, -0.15) is 8.62 Å². The number of hydrogen-bond donors (Lipinski definition) is 4. The van der Waals surface area contributed by atoms with Crippen LogP contribution in [-0.2, 0) is 31.6 Å². The van der Waals surface area contributed by atoms with Gasteiger partial charge in [0.25, 0.3) is 0 Å². The number of phosphoric acid groups is 3. The number of nitrogens with zero attached hydrogens (tertiary/aromatic N) is 1. The van der Waals surface area contributed by atoms with Crippen LogP contribution in [0.2, 0.25) is 0 Å². The van der Waals surface area contributed by atoms with Gasteiger partial charge in [-0.3, -0.25) is 4.52 Å². The molecule has 2 aliphatic rings. The van der Waals surface area contributed by atoms with Crippen molar-refractivity contribution in [2.24, 2.45) is 5.92 Å². The molecule has 0 radical (unpaired) electrons. The van der Waals surface area contributed by atoms with Gasteiger partial charge in [-0.25, -0.2) is 13.7 Å². The van der Waals surface area contributed by atoms with E-state index in [2.05, 4.69) is 19.7 Å². The van der Waals surface area contributed by atoms with Crippen molar-refractivity contribution in [1.29, 1.82) is 0 Å². The minimum atomic E-state index is -5.53. The summed E-state index contributed by atoms with van der Waals surface area (Å²) in [5.41, 5.74) is 2.05. The second-order valence-corrected chi connectivity index (χ2v) is 11.1.